The lowest BCUT2D eigenvalue weighted by Gasteiger charge is -2.11. The molecule has 1 aromatic rings. The first-order valence-corrected chi connectivity index (χ1v) is 5.80. The van der Waals surface area contributed by atoms with Crippen LogP contribution in [0.1, 0.15) is 6.42 Å². The molecule has 1 aromatic heterocycles. The van der Waals surface area contributed by atoms with Gasteiger partial charge in [0.05, 0.1) is 31.1 Å². The van der Waals surface area contributed by atoms with Gasteiger partial charge in [-0.2, -0.15) is 0 Å². The molecule has 1 aliphatic heterocycles. The SMILES string of the molecule is COc1ccc(NC(=O)C2CC(OC)CN2)cn1. The molecule has 1 amide bonds. The van der Waals surface area contributed by atoms with E-state index >= 15 is 0 Å². The van der Waals surface area contributed by atoms with E-state index in [-0.39, 0.29) is 18.1 Å². The molecule has 2 atom stereocenters. The van der Waals surface area contributed by atoms with Gasteiger partial charge in [-0.1, -0.05) is 0 Å². The molecule has 1 saturated heterocycles. The fourth-order valence-electron chi connectivity index (χ4n) is 1.89. The third kappa shape index (κ3) is 2.96. The van der Waals surface area contributed by atoms with Gasteiger partial charge in [-0.15, -0.1) is 0 Å². The number of aromatic nitrogens is 1. The molecule has 6 heteroatoms. The summed E-state index contributed by atoms with van der Waals surface area (Å²) in [6.07, 6.45) is 2.36. The van der Waals surface area contributed by atoms with Crippen LogP contribution >= 0.6 is 0 Å². The molecule has 98 valence electrons. The Kier molecular flexibility index (Phi) is 4.11. The van der Waals surface area contributed by atoms with E-state index in [9.17, 15) is 4.79 Å². The summed E-state index contributed by atoms with van der Waals surface area (Å²) in [5.41, 5.74) is 0.656. The van der Waals surface area contributed by atoms with Crippen molar-refractivity contribution in [1.82, 2.24) is 10.3 Å². The number of nitrogens with one attached hydrogen (secondary N) is 2. The molecule has 0 bridgehead atoms. The second kappa shape index (κ2) is 5.79. The Hall–Kier alpha value is -1.66. The summed E-state index contributed by atoms with van der Waals surface area (Å²) in [5, 5.41) is 5.92. The maximum atomic E-state index is 11.9. The van der Waals surface area contributed by atoms with Crippen molar-refractivity contribution in [1.29, 1.82) is 0 Å². The van der Waals surface area contributed by atoms with Crippen LogP contribution in [0.5, 0.6) is 5.88 Å². The van der Waals surface area contributed by atoms with Crippen molar-refractivity contribution in [3.63, 3.8) is 0 Å². The lowest BCUT2D eigenvalue weighted by Crippen LogP contribution is -2.35. The van der Waals surface area contributed by atoms with Crippen molar-refractivity contribution >= 4 is 11.6 Å². The highest BCUT2D eigenvalue weighted by Gasteiger charge is 2.29. The van der Waals surface area contributed by atoms with Crippen LogP contribution in [-0.2, 0) is 9.53 Å². The van der Waals surface area contributed by atoms with Gasteiger partial charge in [0.1, 0.15) is 0 Å². The van der Waals surface area contributed by atoms with E-state index in [1.165, 1.54) is 0 Å². The van der Waals surface area contributed by atoms with Gasteiger partial charge in [0.25, 0.3) is 0 Å². The van der Waals surface area contributed by atoms with Gasteiger partial charge in [0.2, 0.25) is 11.8 Å². The summed E-state index contributed by atoms with van der Waals surface area (Å²) in [4.78, 5) is 16.0. The number of methoxy groups -OCH3 is 2. The minimum atomic E-state index is -0.211. The Morgan fingerprint density at radius 2 is 2.33 bits per heavy atom. The smallest absolute Gasteiger partial charge is 0.241 e. The van der Waals surface area contributed by atoms with E-state index in [1.54, 1.807) is 32.5 Å². The van der Waals surface area contributed by atoms with E-state index in [0.29, 0.717) is 24.5 Å². The van der Waals surface area contributed by atoms with Gasteiger partial charge < -0.3 is 20.1 Å². The van der Waals surface area contributed by atoms with Gasteiger partial charge in [0, 0.05) is 19.7 Å². The molecule has 18 heavy (non-hydrogen) atoms. The van der Waals surface area contributed by atoms with Crippen LogP contribution in [0.3, 0.4) is 0 Å². The summed E-state index contributed by atoms with van der Waals surface area (Å²) >= 11 is 0. The highest BCUT2D eigenvalue weighted by atomic mass is 16.5. The number of ether oxygens (including phenoxy) is 2. The second-order valence-corrected chi connectivity index (χ2v) is 4.13. The predicted octanol–water partition coefficient (Wildman–Crippen LogP) is 0.406. The molecular weight excluding hydrogens is 234 g/mol. The first-order valence-electron chi connectivity index (χ1n) is 5.80. The van der Waals surface area contributed by atoms with Gasteiger partial charge in [-0.3, -0.25) is 4.79 Å². The van der Waals surface area contributed by atoms with Crippen molar-refractivity contribution < 1.29 is 14.3 Å². The van der Waals surface area contributed by atoms with E-state index in [0.717, 1.165) is 0 Å². The van der Waals surface area contributed by atoms with Crippen LogP contribution in [0.15, 0.2) is 18.3 Å². The van der Waals surface area contributed by atoms with Crippen molar-refractivity contribution in [3.8, 4) is 5.88 Å². The molecule has 2 heterocycles. The average Bonchev–Trinajstić information content (AvgIpc) is 2.88. The quantitative estimate of drug-likeness (QED) is 0.810. The normalized spacial score (nSPS) is 22.8. The average molecular weight is 251 g/mol. The van der Waals surface area contributed by atoms with Crippen LogP contribution in [0, 0.1) is 0 Å². The van der Waals surface area contributed by atoms with Crippen LogP contribution in [-0.4, -0.2) is 43.8 Å². The monoisotopic (exact) mass is 251 g/mol. The molecule has 1 fully saturated rings. The number of anilines is 1. The summed E-state index contributed by atoms with van der Waals surface area (Å²) < 4.78 is 10.2. The van der Waals surface area contributed by atoms with Gasteiger partial charge in [-0.05, 0) is 12.5 Å². The molecule has 0 radical (unpaired) electrons. The molecule has 1 aliphatic rings. The Morgan fingerprint density at radius 1 is 1.50 bits per heavy atom. The van der Waals surface area contributed by atoms with E-state index in [1.807, 2.05) is 0 Å². The molecule has 0 saturated carbocycles. The van der Waals surface area contributed by atoms with E-state index in [4.69, 9.17) is 9.47 Å². The Morgan fingerprint density at radius 3 is 2.89 bits per heavy atom. The summed E-state index contributed by atoms with van der Waals surface area (Å²) in [6, 6.07) is 3.25. The van der Waals surface area contributed by atoms with Crippen molar-refractivity contribution in [2.45, 2.75) is 18.6 Å². The molecule has 2 unspecified atom stereocenters. The number of nitrogens with zero attached hydrogens (tertiary/aromatic N) is 1. The van der Waals surface area contributed by atoms with Crippen LogP contribution in [0.4, 0.5) is 5.69 Å². The number of pyridine rings is 1. The molecular formula is C12H17N3O3. The number of hydrogen-bond donors (Lipinski definition) is 2. The zero-order chi connectivity index (χ0) is 13.0. The molecule has 0 aromatic carbocycles. The summed E-state index contributed by atoms with van der Waals surface area (Å²) in [7, 11) is 3.20. The molecule has 6 nitrogen and oxygen atoms in total. The largest absolute Gasteiger partial charge is 0.481 e. The zero-order valence-corrected chi connectivity index (χ0v) is 10.5. The van der Waals surface area contributed by atoms with Crippen molar-refractivity contribution in [3.05, 3.63) is 18.3 Å². The Labute approximate surface area is 106 Å². The molecule has 0 aliphatic carbocycles. The summed E-state index contributed by atoms with van der Waals surface area (Å²) in [6.45, 7) is 0.704. The molecule has 2 N–H and O–H groups in total. The first kappa shape index (κ1) is 12.8. The third-order valence-corrected chi connectivity index (χ3v) is 2.95. The van der Waals surface area contributed by atoms with E-state index < -0.39 is 0 Å². The van der Waals surface area contributed by atoms with Gasteiger partial charge >= 0.3 is 0 Å². The maximum Gasteiger partial charge on any atom is 0.241 e. The maximum absolute atomic E-state index is 11.9. The Bertz CT molecular complexity index is 408. The third-order valence-electron chi connectivity index (χ3n) is 2.95. The van der Waals surface area contributed by atoms with Crippen LogP contribution in [0.2, 0.25) is 0 Å². The summed E-state index contributed by atoms with van der Waals surface area (Å²) in [5.74, 6) is 0.452. The predicted molar refractivity (Wildman–Crippen MR) is 66.6 cm³/mol. The lowest BCUT2D eigenvalue weighted by molar-refractivity contribution is -0.118. The molecule has 2 rings (SSSR count). The number of carbonyl (C=O) groups is 1. The first-order chi connectivity index (χ1) is 8.72. The highest BCUT2D eigenvalue weighted by Crippen LogP contribution is 2.14. The van der Waals surface area contributed by atoms with Crippen molar-refractivity contribution in [2.24, 2.45) is 0 Å². The second-order valence-electron chi connectivity index (χ2n) is 4.13. The number of hydrogen-bond acceptors (Lipinski definition) is 5. The standard InChI is InChI=1S/C12H17N3O3/c1-17-9-5-10(13-7-9)12(16)15-8-3-4-11(18-2)14-6-8/h3-4,6,9-10,13H,5,7H2,1-2H3,(H,15,16). The fourth-order valence-corrected chi connectivity index (χ4v) is 1.89. The molecule has 0 spiro atoms. The van der Waals surface area contributed by atoms with Gasteiger partial charge in [-0.25, -0.2) is 4.98 Å². The topological polar surface area (TPSA) is 72.5 Å². The Balaban J connectivity index is 1.90. The fraction of sp³-hybridized carbons (Fsp3) is 0.500. The zero-order valence-electron chi connectivity index (χ0n) is 10.5. The minimum Gasteiger partial charge on any atom is -0.481 e. The minimum absolute atomic E-state index is 0.0680. The highest BCUT2D eigenvalue weighted by molar-refractivity contribution is 5.94. The lowest BCUT2D eigenvalue weighted by atomic mass is 10.2. The van der Waals surface area contributed by atoms with Gasteiger partial charge in [0.15, 0.2) is 0 Å². The number of amides is 1. The van der Waals surface area contributed by atoms with Crippen LogP contribution < -0.4 is 15.4 Å². The van der Waals surface area contributed by atoms with Crippen LogP contribution in [0.25, 0.3) is 0 Å². The van der Waals surface area contributed by atoms with E-state index in [2.05, 4.69) is 15.6 Å². The number of rotatable bonds is 4. The van der Waals surface area contributed by atoms with Crippen molar-refractivity contribution in [2.75, 3.05) is 26.1 Å². The number of carbonyl (C=O) groups excluding carboxylic acids is 1.